The lowest BCUT2D eigenvalue weighted by Gasteiger charge is -2.19. The normalized spacial score (nSPS) is 13.1. The van der Waals surface area contributed by atoms with E-state index in [4.69, 9.17) is 17.3 Å². The number of rotatable bonds is 6. The molecule has 3 nitrogen and oxygen atoms in total. The molecule has 1 atom stereocenters. The van der Waals surface area contributed by atoms with Crippen LogP contribution in [0.1, 0.15) is 39.2 Å². The second kappa shape index (κ2) is 6.92. The van der Waals surface area contributed by atoms with Gasteiger partial charge in [0.2, 0.25) is 5.91 Å². The van der Waals surface area contributed by atoms with E-state index in [1.54, 1.807) is 0 Å². The Morgan fingerprint density at radius 3 is 2.74 bits per heavy atom. The van der Waals surface area contributed by atoms with Crippen LogP contribution in [0.2, 0.25) is 5.02 Å². The highest BCUT2D eigenvalue weighted by atomic mass is 35.5. The van der Waals surface area contributed by atoms with Gasteiger partial charge in [0.1, 0.15) is 0 Å². The number of carbonyl (C=O) groups is 1. The van der Waals surface area contributed by atoms with Crippen molar-refractivity contribution < 1.29 is 4.79 Å². The summed E-state index contributed by atoms with van der Waals surface area (Å²) in [6.07, 6.45) is 1.92. The van der Waals surface area contributed by atoms with Gasteiger partial charge in [-0.1, -0.05) is 23.7 Å². The van der Waals surface area contributed by atoms with E-state index >= 15 is 0 Å². The Balaban J connectivity index is 2.38. The molecule has 0 saturated carbocycles. The van der Waals surface area contributed by atoms with Gasteiger partial charge in [-0.3, -0.25) is 4.79 Å². The van der Waals surface area contributed by atoms with E-state index in [0.29, 0.717) is 12.8 Å². The largest absolute Gasteiger partial charge is 0.353 e. The molecule has 0 aliphatic carbocycles. The van der Waals surface area contributed by atoms with Gasteiger partial charge in [0, 0.05) is 23.0 Å². The molecule has 1 aromatic carbocycles. The van der Waals surface area contributed by atoms with Crippen molar-refractivity contribution in [3.63, 3.8) is 0 Å². The summed E-state index contributed by atoms with van der Waals surface area (Å²) in [6.45, 7) is 5.84. The van der Waals surface area contributed by atoms with Crippen LogP contribution in [0.25, 0.3) is 0 Å². The van der Waals surface area contributed by atoms with Crippen LogP contribution in [0.4, 0.5) is 0 Å². The van der Waals surface area contributed by atoms with E-state index in [1.165, 1.54) is 0 Å². The van der Waals surface area contributed by atoms with Gasteiger partial charge in [-0.25, -0.2) is 0 Å². The maximum Gasteiger partial charge on any atom is 0.220 e. The topological polar surface area (TPSA) is 55.1 Å². The highest BCUT2D eigenvalue weighted by Gasteiger charge is 2.14. The number of carbonyl (C=O) groups excluding carboxylic acids is 1. The first-order chi connectivity index (χ1) is 8.76. The summed E-state index contributed by atoms with van der Waals surface area (Å²) in [7, 11) is 0. The SMILES string of the molecule is CC(Cc1cccc(Cl)c1)NC(=O)CCC(C)(C)N. The van der Waals surface area contributed by atoms with Crippen LogP contribution in [0.5, 0.6) is 0 Å². The molecular weight excluding hydrogens is 260 g/mol. The third-order valence-corrected chi connectivity index (χ3v) is 3.07. The predicted octanol–water partition coefficient (Wildman–Crippen LogP) is 2.90. The molecule has 0 aliphatic rings. The van der Waals surface area contributed by atoms with Crippen molar-refractivity contribution in [1.82, 2.24) is 5.32 Å². The zero-order valence-corrected chi connectivity index (χ0v) is 12.6. The first-order valence-corrected chi connectivity index (χ1v) is 6.97. The Kier molecular flexibility index (Phi) is 5.83. The van der Waals surface area contributed by atoms with E-state index in [2.05, 4.69) is 5.32 Å². The summed E-state index contributed by atoms with van der Waals surface area (Å²) in [5, 5.41) is 3.71. The number of nitrogens with two attached hydrogens (primary N) is 1. The molecule has 1 aromatic rings. The van der Waals surface area contributed by atoms with Crippen LogP contribution < -0.4 is 11.1 Å². The maximum absolute atomic E-state index is 11.8. The van der Waals surface area contributed by atoms with Crippen molar-refractivity contribution in [3.8, 4) is 0 Å². The third-order valence-electron chi connectivity index (χ3n) is 2.83. The zero-order chi connectivity index (χ0) is 14.5. The van der Waals surface area contributed by atoms with Gasteiger partial charge < -0.3 is 11.1 Å². The Bertz CT molecular complexity index is 426. The number of hydrogen-bond acceptors (Lipinski definition) is 2. The molecule has 1 unspecified atom stereocenters. The predicted molar refractivity (Wildman–Crippen MR) is 80.3 cm³/mol. The van der Waals surface area contributed by atoms with Gasteiger partial charge in [-0.15, -0.1) is 0 Å². The molecule has 19 heavy (non-hydrogen) atoms. The van der Waals surface area contributed by atoms with Crippen molar-refractivity contribution in [1.29, 1.82) is 0 Å². The fourth-order valence-corrected chi connectivity index (χ4v) is 2.06. The van der Waals surface area contributed by atoms with E-state index in [9.17, 15) is 4.79 Å². The van der Waals surface area contributed by atoms with Crippen LogP contribution in [0, 0.1) is 0 Å². The summed E-state index contributed by atoms with van der Waals surface area (Å²) >= 11 is 5.93. The number of hydrogen-bond donors (Lipinski definition) is 2. The van der Waals surface area contributed by atoms with Gasteiger partial charge in [0.25, 0.3) is 0 Å². The fourth-order valence-electron chi connectivity index (χ4n) is 1.85. The van der Waals surface area contributed by atoms with E-state index in [-0.39, 0.29) is 17.5 Å². The highest BCUT2D eigenvalue weighted by molar-refractivity contribution is 6.30. The van der Waals surface area contributed by atoms with E-state index < -0.39 is 0 Å². The minimum atomic E-state index is -0.298. The number of halogens is 1. The van der Waals surface area contributed by atoms with E-state index in [0.717, 1.165) is 17.0 Å². The number of benzene rings is 1. The molecule has 3 N–H and O–H groups in total. The van der Waals surface area contributed by atoms with Crippen molar-refractivity contribution >= 4 is 17.5 Å². The molecule has 0 heterocycles. The summed E-state index contributed by atoms with van der Waals surface area (Å²) in [4.78, 5) is 11.8. The van der Waals surface area contributed by atoms with Crippen LogP contribution >= 0.6 is 11.6 Å². The average molecular weight is 283 g/mol. The average Bonchev–Trinajstić information content (AvgIpc) is 2.25. The molecule has 0 fully saturated rings. The first-order valence-electron chi connectivity index (χ1n) is 6.59. The Morgan fingerprint density at radius 1 is 1.47 bits per heavy atom. The minimum Gasteiger partial charge on any atom is -0.353 e. The molecule has 0 radical (unpaired) electrons. The number of amides is 1. The lowest BCUT2D eigenvalue weighted by Crippen LogP contribution is -2.37. The smallest absolute Gasteiger partial charge is 0.220 e. The van der Waals surface area contributed by atoms with Crippen molar-refractivity contribution in [2.45, 2.75) is 51.6 Å². The molecule has 0 spiro atoms. The molecule has 0 aliphatic heterocycles. The fraction of sp³-hybridized carbons (Fsp3) is 0.533. The molecule has 106 valence electrons. The first kappa shape index (κ1) is 16.0. The van der Waals surface area contributed by atoms with Crippen LogP contribution in [0.15, 0.2) is 24.3 Å². The van der Waals surface area contributed by atoms with E-state index in [1.807, 2.05) is 45.0 Å². The standard InChI is InChI=1S/C15H23ClN2O/c1-11(9-12-5-4-6-13(16)10-12)18-14(19)7-8-15(2,3)17/h4-6,10-11H,7-9,17H2,1-3H3,(H,18,19). The third kappa shape index (κ3) is 7.19. The highest BCUT2D eigenvalue weighted by Crippen LogP contribution is 2.12. The molecule has 4 heteroatoms. The Hall–Kier alpha value is -1.06. The maximum atomic E-state index is 11.8. The van der Waals surface area contributed by atoms with Crippen LogP contribution in [0.3, 0.4) is 0 Å². The zero-order valence-electron chi connectivity index (χ0n) is 11.9. The molecular formula is C15H23ClN2O. The summed E-state index contributed by atoms with van der Waals surface area (Å²) in [5.74, 6) is 0.0491. The van der Waals surface area contributed by atoms with Gasteiger partial charge >= 0.3 is 0 Å². The van der Waals surface area contributed by atoms with Gasteiger partial charge in [-0.2, -0.15) is 0 Å². The second-order valence-corrected chi connectivity index (χ2v) is 6.23. The lowest BCUT2D eigenvalue weighted by atomic mass is 9.99. The van der Waals surface area contributed by atoms with Gasteiger partial charge in [0.05, 0.1) is 0 Å². The summed E-state index contributed by atoms with van der Waals surface area (Å²) < 4.78 is 0. The van der Waals surface area contributed by atoms with Gasteiger partial charge in [-0.05, 0) is 51.3 Å². The monoisotopic (exact) mass is 282 g/mol. The van der Waals surface area contributed by atoms with Crippen molar-refractivity contribution in [3.05, 3.63) is 34.9 Å². The molecule has 0 aromatic heterocycles. The Labute approximate surface area is 120 Å². The quantitative estimate of drug-likeness (QED) is 0.843. The summed E-state index contributed by atoms with van der Waals surface area (Å²) in [6, 6.07) is 7.79. The Morgan fingerprint density at radius 2 is 2.16 bits per heavy atom. The minimum absolute atomic E-state index is 0.0491. The van der Waals surface area contributed by atoms with Crippen LogP contribution in [-0.2, 0) is 11.2 Å². The molecule has 1 amide bonds. The number of nitrogens with one attached hydrogen (secondary N) is 1. The molecule has 1 rings (SSSR count). The van der Waals surface area contributed by atoms with Gasteiger partial charge in [0.15, 0.2) is 0 Å². The second-order valence-electron chi connectivity index (χ2n) is 5.79. The lowest BCUT2D eigenvalue weighted by molar-refractivity contribution is -0.122. The van der Waals surface area contributed by atoms with Crippen LogP contribution in [-0.4, -0.2) is 17.5 Å². The molecule has 0 saturated heterocycles. The molecule has 0 bridgehead atoms. The van der Waals surface area contributed by atoms with Crippen molar-refractivity contribution in [2.24, 2.45) is 5.73 Å². The summed E-state index contributed by atoms with van der Waals surface area (Å²) in [5.41, 5.74) is 6.69. The van der Waals surface area contributed by atoms with Crippen molar-refractivity contribution in [2.75, 3.05) is 0 Å².